The molecule has 5 nitrogen and oxygen atoms in total. The lowest BCUT2D eigenvalue weighted by molar-refractivity contribution is -0.137. The van der Waals surface area contributed by atoms with E-state index in [1.165, 1.54) is 12.1 Å². The lowest BCUT2D eigenvalue weighted by Gasteiger charge is -2.29. The molecule has 0 saturated carbocycles. The maximum atomic E-state index is 12.9. The topological polar surface area (TPSA) is 53.9 Å². The Morgan fingerprint density at radius 1 is 1.12 bits per heavy atom. The quantitative estimate of drug-likeness (QED) is 0.657. The number of rotatable bonds is 5. The molecule has 0 aromatic heterocycles. The Labute approximate surface area is 186 Å². The number of aryl methyl sites for hydroxylation is 1. The minimum absolute atomic E-state index is 0.152. The summed E-state index contributed by atoms with van der Waals surface area (Å²) in [6.07, 6.45) is -4.20. The fraction of sp³-hybridized carbons (Fsp3) is 0.417. The maximum absolute atomic E-state index is 12.9. The number of alkyl halides is 3. The molecule has 172 valence electrons. The molecule has 1 N–H and O–H groups in total. The van der Waals surface area contributed by atoms with Gasteiger partial charge in [0.25, 0.3) is 0 Å². The van der Waals surface area contributed by atoms with E-state index >= 15 is 0 Å². The molecule has 2 aromatic rings. The number of halogens is 3. The molecule has 0 bridgehead atoms. The van der Waals surface area contributed by atoms with Crippen molar-refractivity contribution in [2.45, 2.75) is 58.5 Å². The normalized spacial score (nSPS) is 16.3. The number of amides is 2. The molecule has 0 spiro atoms. The highest BCUT2D eigenvalue weighted by Gasteiger charge is 2.31. The zero-order valence-corrected chi connectivity index (χ0v) is 18.7. The second-order valence-corrected chi connectivity index (χ2v) is 9.04. The van der Waals surface area contributed by atoms with Crippen molar-refractivity contribution in [1.29, 1.82) is 0 Å². The van der Waals surface area contributed by atoms with Crippen LogP contribution in [0.2, 0.25) is 0 Å². The van der Waals surface area contributed by atoms with Gasteiger partial charge in [0, 0.05) is 24.1 Å². The molecule has 0 aliphatic carbocycles. The average Bonchev–Trinajstić information content (AvgIpc) is 3.14. The van der Waals surface area contributed by atoms with Gasteiger partial charge in [-0.15, -0.1) is 0 Å². The van der Waals surface area contributed by atoms with Crippen molar-refractivity contribution >= 4 is 11.7 Å². The first-order valence-electron chi connectivity index (χ1n) is 10.4. The third kappa shape index (κ3) is 6.24. The van der Waals surface area contributed by atoms with Crippen molar-refractivity contribution in [3.63, 3.8) is 0 Å². The monoisotopic (exact) mass is 447 g/mol. The van der Waals surface area contributed by atoms with Crippen LogP contribution >= 0.6 is 0 Å². The van der Waals surface area contributed by atoms with Crippen molar-refractivity contribution in [3.05, 3.63) is 70.8 Å². The van der Waals surface area contributed by atoms with Crippen molar-refractivity contribution in [1.82, 2.24) is 10.2 Å². The van der Waals surface area contributed by atoms with Crippen LogP contribution in [0.3, 0.4) is 0 Å². The first-order chi connectivity index (χ1) is 14.9. The van der Waals surface area contributed by atoms with Crippen molar-refractivity contribution in [2.24, 2.45) is 5.16 Å². The van der Waals surface area contributed by atoms with Crippen LogP contribution in [0.25, 0.3) is 0 Å². The number of nitrogens with one attached hydrogen (secondary N) is 1. The van der Waals surface area contributed by atoms with Gasteiger partial charge in [-0.2, -0.15) is 13.2 Å². The fourth-order valence-electron chi connectivity index (χ4n) is 3.47. The molecular weight excluding hydrogens is 419 g/mol. The zero-order valence-electron chi connectivity index (χ0n) is 18.7. The summed E-state index contributed by atoms with van der Waals surface area (Å²) in [6.45, 7) is 8.01. The van der Waals surface area contributed by atoms with E-state index in [1.54, 1.807) is 4.90 Å². The summed E-state index contributed by atoms with van der Waals surface area (Å²) in [5.41, 5.74) is 2.32. The summed E-state index contributed by atoms with van der Waals surface area (Å²) in [5, 5.41) is 7.13. The van der Waals surface area contributed by atoms with Gasteiger partial charge in [-0.25, -0.2) is 4.79 Å². The van der Waals surface area contributed by atoms with Gasteiger partial charge in [0.05, 0.1) is 17.8 Å². The first-order valence-corrected chi connectivity index (χ1v) is 10.4. The van der Waals surface area contributed by atoms with Crippen LogP contribution < -0.4 is 5.32 Å². The zero-order chi connectivity index (χ0) is 23.5. The van der Waals surface area contributed by atoms with E-state index in [9.17, 15) is 18.0 Å². The van der Waals surface area contributed by atoms with Gasteiger partial charge in [-0.05, 0) is 51.0 Å². The van der Waals surface area contributed by atoms with Gasteiger partial charge < -0.3 is 15.1 Å². The minimum atomic E-state index is -4.40. The molecule has 2 amide bonds. The van der Waals surface area contributed by atoms with Crippen LogP contribution in [0.15, 0.2) is 53.7 Å². The number of nitrogens with zero attached hydrogens (tertiary/aromatic N) is 2. The minimum Gasteiger partial charge on any atom is -0.390 e. The lowest BCUT2D eigenvalue weighted by Crippen LogP contribution is -2.50. The molecule has 2 aromatic carbocycles. The van der Waals surface area contributed by atoms with Gasteiger partial charge in [0.2, 0.25) is 0 Å². The number of hydrogen-bond acceptors (Lipinski definition) is 3. The van der Waals surface area contributed by atoms with E-state index in [0.717, 1.165) is 29.0 Å². The molecule has 1 heterocycles. The van der Waals surface area contributed by atoms with E-state index in [2.05, 4.69) is 10.5 Å². The standard InChI is InChI=1S/C24H28F3N3O2/c1-16-7-5-6-8-20(16)21-13-19(32-29-21)15-30(22(31)28-23(2,3)4)14-17-9-11-18(12-10-17)24(25,26)27/h5-12,19H,13-15H2,1-4H3,(H,28,31)/t19-/m1/s1. The van der Waals surface area contributed by atoms with Crippen LogP contribution in [-0.4, -0.2) is 34.8 Å². The Kier molecular flexibility index (Phi) is 6.81. The summed E-state index contributed by atoms with van der Waals surface area (Å²) < 4.78 is 38.6. The lowest BCUT2D eigenvalue weighted by atomic mass is 10.00. The molecule has 0 radical (unpaired) electrons. The fourth-order valence-corrected chi connectivity index (χ4v) is 3.47. The number of urea groups is 1. The molecule has 0 unspecified atom stereocenters. The largest absolute Gasteiger partial charge is 0.416 e. The molecule has 1 aliphatic heterocycles. The predicted octanol–water partition coefficient (Wildman–Crippen LogP) is 5.52. The van der Waals surface area contributed by atoms with Gasteiger partial charge in [0.1, 0.15) is 0 Å². The number of carbonyl (C=O) groups excluding carboxylic acids is 1. The number of benzene rings is 2. The van der Waals surface area contributed by atoms with Gasteiger partial charge >= 0.3 is 12.2 Å². The molecular formula is C24H28F3N3O2. The summed E-state index contributed by atoms with van der Waals surface area (Å²) in [4.78, 5) is 20.1. The van der Waals surface area contributed by atoms with Gasteiger partial charge in [0.15, 0.2) is 6.10 Å². The molecule has 8 heteroatoms. The van der Waals surface area contributed by atoms with E-state index in [1.807, 2.05) is 52.0 Å². The van der Waals surface area contributed by atoms with Crippen LogP contribution in [0.5, 0.6) is 0 Å². The molecule has 0 saturated heterocycles. The highest BCUT2D eigenvalue weighted by atomic mass is 19.4. The number of carbonyl (C=O) groups is 1. The average molecular weight is 448 g/mol. The Morgan fingerprint density at radius 2 is 1.78 bits per heavy atom. The second kappa shape index (κ2) is 9.22. The van der Waals surface area contributed by atoms with Crippen molar-refractivity contribution < 1.29 is 22.8 Å². The highest BCUT2D eigenvalue weighted by Crippen LogP contribution is 2.29. The van der Waals surface area contributed by atoms with Crippen molar-refractivity contribution in [3.8, 4) is 0 Å². The van der Waals surface area contributed by atoms with E-state index in [0.29, 0.717) is 12.0 Å². The molecule has 32 heavy (non-hydrogen) atoms. The van der Waals surface area contributed by atoms with Gasteiger partial charge in [-0.3, -0.25) is 0 Å². The van der Waals surface area contributed by atoms with E-state index < -0.39 is 17.3 Å². The summed E-state index contributed by atoms with van der Waals surface area (Å²) in [7, 11) is 0. The van der Waals surface area contributed by atoms with Gasteiger partial charge in [-0.1, -0.05) is 41.6 Å². The molecule has 1 atom stereocenters. The van der Waals surface area contributed by atoms with Crippen molar-refractivity contribution in [2.75, 3.05) is 6.54 Å². The third-order valence-electron chi connectivity index (χ3n) is 5.04. The first kappa shape index (κ1) is 23.6. The van der Waals surface area contributed by atoms with Crippen LogP contribution in [0, 0.1) is 6.92 Å². The summed E-state index contributed by atoms with van der Waals surface area (Å²) in [5.74, 6) is 0. The van der Waals surface area contributed by atoms with Crippen LogP contribution in [-0.2, 0) is 17.6 Å². The SMILES string of the molecule is Cc1ccccc1C1=NO[C@@H](CN(Cc2ccc(C(F)(F)F)cc2)C(=O)NC(C)(C)C)C1. The predicted molar refractivity (Wildman–Crippen MR) is 117 cm³/mol. The third-order valence-corrected chi connectivity index (χ3v) is 5.04. The van der Waals surface area contributed by atoms with Crippen LogP contribution in [0.1, 0.15) is 49.4 Å². The molecule has 0 fully saturated rings. The summed E-state index contributed by atoms with van der Waals surface area (Å²) >= 11 is 0. The Balaban J connectivity index is 1.72. The molecule has 3 rings (SSSR count). The highest BCUT2D eigenvalue weighted by molar-refractivity contribution is 6.02. The van der Waals surface area contributed by atoms with E-state index in [-0.39, 0.29) is 25.2 Å². The van der Waals surface area contributed by atoms with Crippen LogP contribution in [0.4, 0.5) is 18.0 Å². The molecule has 1 aliphatic rings. The Bertz CT molecular complexity index is 979. The van der Waals surface area contributed by atoms with E-state index in [4.69, 9.17) is 4.84 Å². The second-order valence-electron chi connectivity index (χ2n) is 9.04. The Morgan fingerprint density at radius 3 is 2.38 bits per heavy atom. The smallest absolute Gasteiger partial charge is 0.390 e. The summed E-state index contributed by atoms with van der Waals surface area (Å²) in [6, 6.07) is 12.4. The maximum Gasteiger partial charge on any atom is 0.416 e. The number of oxime groups is 1. The Hall–Kier alpha value is -3.03. The number of hydrogen-bond donors (Lipinski definition) is 1.